The van der Waals surface area contributed by atoms with E-state index in [0.29, 0.717) is 28.4 Å². The van der Waals surface area contributed by atoms with Crippen molar-refractivity contribution < 1.29 is 0 Å². The Morgan fingerprint density at radius 2 is 1.62 bits per heavy atom. The van der Waals surface area contributed by atoms with Crippen molar-refractivity contribution in [1.29, 1.82) is 0 Å². The van der Waals surface area contributed by atoms with Gasteiger partial charge in [-0.25, -0.2) is 9.55 Å². The van der Waals surface area contributed by atoms with Crippen LogP contribution in [0.3, 0.4) is 0 Å². The standard InChI is InChI=1S/C21H16ClN3O/c22-16-11-12-19-18(13-16)20(26)25(17-9-5-2-6-10-17)21(24-19)23-14-15-7-3-1-4-8-15/h1-13H,14H2,(H,23,24). The lowest BCUT2D eigenvalue weighted by atomic mass is 10.2. The fraction of sp³-hybridized carbons (Fsp3) is 0.0476. The van der Waals surface area contributed by atoms with Crippen molar-refractivity contribution >= 4 is 28.5 Å². The summed E-state index contributed by atoms with van der Waals surface area (Å²) in [5, 5.41) is 4.30. The third-order valence-corrected chi connectivity index (χ3v) is 4.37. The second-order valence-corrected chi connectivity index (χ2v) is 6.35. The van der Waals surface area contributed by atoms with Crippen molar-refractivity contribution in [2.45, 2.75) is 6.54 Å². The van der Waals surface area contributed by atoms with Crippen LogP contribution < -0.4 is 10.9 Å². The number of benzene rings is 3. The molecular weight excluding hydrogens is 346 g/mol. The molecule has 5 heteroatoms. The van der Waals surface area contributed by atoms with Crippen molar-refractivity contribution in [3.63, 3.8) is 0 Å². The van der Waals surface area contributed by atoms with Crippen LogP contribution in [-0.4, -0.2) is 9.55 Å². The summed E-state index contributed by atoms with van der Waals surface area (Å²) in [4.78, 5) is 17.8. The van der Waals surface area contributed by atoms with E-state index in [0.717, 1.165) is 11.3 Å². The van der Waals surface area contributed by atoms with Crippen molar-refractivity contribution in [2.24, 2.45) is 0 Å². The number of hydrogen-bond acceptors (Lipinski definition) is 3. The number of nitrogens with one attached hydrogen (secondary N) is 1. The van der Waals surface area contributed by atoms with E-state index in [9.17, 15) is 4.79 Å². The molecule has 0 spiro atoms. The van der Waals surface area contributed by atoms with Crippen LogP contribution in [0.1, 0.15) is 5.56 Å². The molecule has 0 fully saturated rings. The van der Waals surface area contributed by atoms with Crippen LogP contribution in [0.25, 0.3) is 16.6 Å². The van der Waals surface area contributed by atoms with Crippen molar-refractivity contribution in [2.75, 3.05) is 5.32 Å². The largest absolute Gasteiger partial charge is 0.351 e. The number of aromatic nitrogens is 2. The first-order valence-electron chi connectivity index (χ1n) is 8.28. The first kappa shape index (κ1) is 16.4. The Balaban J connectivity index is 1.87. The molecular formula is C21H16ClN3O. The molecule has 1 N–H and O–H groups in total. The number of anilines is 1. The van der Waals surface area contributed by atoms with Crippen LogP contribution in [0.2, 0.25) is 5.02 Å². The molecule has 0 saturated heterocycles. The number of fused-ring (bicyclic) bond motifs is 1. The Morgan fingerprint density at radius 1 is 0.923 bits per heavy atom. The Hall–Kier alpha value is -3.11. The summed E-state index contributed by atoms with van der Waals surface area (Å²) in [6, 6.07) is 24.6. The Kier molecular flexibility index (Phi) is 4.42. The van der Waals surface area contributed by atoms with E-state index in [1.807, 2.05) is 60.7 Å². The van der Waals surface area contributed by atoms with Gasteiger partial charge in [0.05, 0.1) is 16.6 Å². The molecule has 0 unspecified atom stereocenters. The lowest BCUT2D eigenvalue weighted by molar-refractivity contribution is 0.938. The van der Waals surface area contributed by atoms with Crippen LogP contribution in [-0.2, 0) is 6.54 Å². The van der Waals surface area contributed by atoms with Gasteiger partial charge in [-0.15, -0.1) is 0 Å². The lowest BCUT2D eigenvalue weighted by Gasteiger charge is -2.15. The van der Waals surface area contributed by atoms with E-state index in [-0.39, 0.29) is 5.56 Å². The molecule has 4 rings (SSSR count). The van der Waals surface area contributed by atoms with E-state index in [1.165, 1.54) is 0 Å². The fourth-order valence-corrected chi connectivity index (χ4v) is 3.04. The van der Waals surface area contributed by atoms with E-state index in [2.05, 4.69) is 10.3 Å². The zero-order valence-electron chi connectivity index (χ0n) is 13.9. The maximum atomic E-state index is 13.1. The molecule has 0 bridgehead atoms. The molecule has 0 radical (unpaired) electrons. The average molecular weight is 362 g/mol. The van der Waals surface area contributed by atoms with Crippen LogP contribution in [0.5, 0.6) is 0 Å². The Morgan fingerprint density at radius 3 is 2.35 bits per heavy atom. The maximum absolute atomic E-state index is 13.1. The minimum Gasteiger partial charge on any atom is -0.351 e. The van der Waals surface area contributed by atoms with Gasteiger partial charge >= 0.3 is 0 Å². The van der Waals surface area contributed by atoms with Crippen LogP contribution in [0, 0.1) is 0 Å². The summed E-state index contributed by atoms with van der Waals surface area (Å²) in [5.41, 5.74) is 2.32. The van der Waals surface area contributed by atoms with Gasteiger partial charge in [0.1, 0.15) is 0 Å². The number of para-hydroxylation sites is 1. The number of hydrogen-bond donors (Lipinski definition) is 1. The van der Waals surface area contributed by atoms with Crippen molar-refractivity contribution in [3.8, 4) is 5.69 Å². The number of halogens is 1. The van der Waals surface area contributed by atoms with E-state index in [4.69, 9.17) is 11.6 Å². The maximum Gasteiger partial charge on any atom is 0.267 e. The molecule has 0 atom stereocenters. The molecule has 3 aromatic carbocycles. The summed E-state index contributed by atoms with van der Waals surface area (Å²) in [6.07, 6.45) is 0. The van der Waals surface area contributed by atoms with Gasteiger partial charge in [0.15, 0.2) is 0 Å². The van der Waals surface area contributed by atoms with Gasteiger partial charge in [0.2, 0.25) is 5.95 Å². The molecule has 1 heterocycles. The summed E-state index contributed by atoms with van der Waals surface area (Å²) < 4.78 is 1.58. The summed E-state index contributed by atoms with van der Waals surface area (Å²) >= 11 is 6.08. The number of nitrogens with zero attached hydrogens (tertiary/aromatic N) is 2. The topological polar surface area (TPSA) is 46.9 Å². The van der Waals surface area contributed by atoms with Gasteiger partial charge in [-0.1, -0.05) is 60.1 Å². The highest BCUT2D eigenvalue weighted by molar-refractivity contribution is 6.31. The second kappa shape index (κ2) is 7.02. The molecule has 4 aromatic rings. The van der Waals surface area contributed by atoms with E-state index in [1.54, 1.807) is 22.8 Å². The summed E-state index contributed by atoms with van der Waals surface area (Å²) in [7, 11) is 0. The van der Waals surface area contributed by atoms with Gasteiger partial charge in [-0.05, 0) is 35.9 Å². The molecule has 0 aliphatic rings. The molecule has 26 heavy (non-hydrogen) atoms. The predicted molar refractivity (Wildman–Crippen MR) is 106 cm³/mol. The molecule has 0 aliphatic heterocycles. The minimum atomic E-state index is -0.153. The normalized spacial score (nSPS) is 10.8. The Bertz CT molecular complexity index is 1110. The van der Waals surface area contributed by atoms with Crippen LogP contribution in [0.4, 0.5) is 5.95 Å². The quantitative estimate of drug-likeness (QED) is 0.575. The van der Waals surface area contributed by atoms with E-state index >= 15 is 0 Å². The molecule has 1 aromatic heterocycles. The lowest BCUT2D eigenvalue weighted by Crippen LogP contribution is -2.23. The van der Waals surface area contributed by atoms with E-state index < -0.39 is 0 Å². The van der Waals surface area contributed by atoms with Gasteiger partial charge in [-0.2, -0.15) is 0 Å². The van der Waals surface area contributed by atoms with Crippen LogP contribution >= 0.6 is 11.6 Å². The first-order chi connectivity index (χ1) is 12.7. The second-order valence-electron chi connectivity index (χ2n) is 5.91. The summed E-state index contributed by atoms with van der Waals surface area (Å²) in [6.45, 7) is 0.569. The molecule has 4 nitrogen and oxygen atoms in total. The third-order valence-electron chi connectivity index (χ3n) is 4.14. The minimum absolute atomic E-state index is 0.153. The zero-order chi connectivity index (χ0) is 17.9. The highest BCUT2D eigenvalue weighted by Gasteiger charge is 2.13. The SMILES string of the molecule is O=c1c2cc(Cl)ccc2nc(NCc2ccccc2)n1-c1ccccc1. The third kappa shape index (κ3) is 3.19. The van der Waals surface area contributed by atoms with Gasteiger partial charge < -0.3 is 5.32 Å². The predicted octanol–water partition coefficient (Wildman–Crippen LogP) is 4.65. The van der Waals surface area contributed by atoms with Gasteiger partial charge in [0.25, 0.3) is 5.56 Å². The fourth-order valence-electron chi connectivity index (χ4n) is 2.87. The van der Waals surface area contributed by atoms with Crippen molar-refractivity contribution in [1.82, 2.24) is 9.55 Å². The molecule has 128 valence electrons. The Labute approximate surface area is 155 Å². The molecule has 0 aliphatic carbocycles. The zero-order valence-corrected chi connectivity index (χ0v) is 14.6. The van der Waals surface area contributed by atoms with Gasteiger partial charge in [0, 0.05) is 11.6 Å². The number of rotatable bonds is 4. The average Bonchev–Trinajstić information content (AvgIpc) is 2.68. The highest BCUT2D eigenvalue weighted by atomic mass is 35.5. The summed E-state index contributed by atoms with van der Waals surface area (Å²) in [5.74, 6) is 0.500. The smallest absolute Gasteiger partial charge is 0.267 e. The monoisotopic (exact) mass is 361 g/mol. The first-order valence-corrected chi connectivity index (χ1v) is 8.66. The molecule has 0 amide bonds. The molecule has 0 saturated carbocycles. The van der Waals surface area contributed by atoms with Gasteiger partial charge in [-0.3, -0.25) is 4.79 Å². The van der Waals surface area contributed by atoms with Crippen molar-refractivity contribution in [3.05, 3.63) is 99.8 Å². The van der Waals surface area contributed by atoms with Crippen LogP contribution in [0.15, 0.2) is 83.7 Å². The highest BCUT2D eigenvalue weighted by Crippen LogP contribution is 2.19.